The number of carbonyl (C=O) groups is 1. The van der Waals surface area contributed by atoms with Gasteiger partial charge in [-0.15, -0.1) is 0 Å². The molecule has 0 spiro atoms. The largest absolute Gasteiger partial charge is 0.469 e. The van der Waals surface area contributed by atoms with E-state index in [9.17, 15) is 4.79 Å². The van der Waals surface area contributed by atoms with Gasteiger partial charge >= 0.3 is 5.97 Å². The number of methoxy groups -OCH3 is 1. The number of carbonyl (C=O) groups excluding carboxylic acids is 1. The lowest BCUT2D eigenvalue weighted by Crippen LogP contribution is -2.14. The van der Waals surface area contributed by atoms with Crippen molar-refractivity contribution < 1.29 is 9.53 Å². The number of rotatable bonds is 4. The molecule has 0 heterocycles. The maximum absolute atomic E-state index is 11.2. The monoisotopic (exact) mass is 208 g/mol. The van der Waals surface area contributed by atoms with E-state index in [4.69, 9.17) is 4.74 Å². The van der Waals surface area contributed by atoms with Gasteiger partial charge in [0.25, 0.3) is 0 Å². The molecule has 2 unspecified atom stereocenters. The molecule has 0 amide bonds. The summed E-state index contributed by atoms with van der Waals surface area (Å²) in [6, 6.07) is 0. The highest BCUT2D eigenvalue weighted by Gasteiger charge is 2.31. The fourth-order valence-electron chi connectivity index (χ4n) is 2.27. The molecule has 15 heavy (non-hydrogen) atoms. The van der Waals surface area contributed by atoms with Crippen LogP contribution >= 0.6 is 0 Å². The highest BCUT2D eigenvalue weighted by molar-refractivity contribution is 5.69. The molecular formula is C13H20O2. The van der Waals surface area contributed by atoms with E-state index in [0.717, 1.165) is 19.3 Å². The molecule has 2 nitrogen and oxygen atoms in total. The van der Waals surface area contributed by atoms with Crippen LogP contribution in [0.4, 0.5) is 0 Å². The van der Waals surface area contributed by atoms with Crippen LogP contribution in [-0.2, 0) is 9.53 Å². The zero-order valence-corrected chi connectivity index (χ0v) is 9.66. The van der Waals surface area contributed by atoms with Crippen molar-refractivity contribution in [2.45, 2.75) is 32.6 Å². The summed E-state index contributed by atoms with van der Waals surface area (Å²) in [4.78, 5) is 11.2. The molecule has 0 bridgehead atoms. The Hall–Kier alpha value is -1.05. The van der Waals surface area contributed by atoms with Crippen molar-refractivity contribution in [2.75, 3.05) is 7.11 Å². The molecular weight excluding hydrogens is 188 g/mol. The lowest BCUT2D eigenvalue weighted by molar-refractivity contribution is -0.141. The fraction of sp³-hybridized carbons (Fsp3) is 0.615. The van der Waals surface area contributed by atoms with Crippen molar-refractivity contribution in [2.24, 2.45) is 11.8 Å². The Labute approximate surface area is 92.0 Å². The van der Waals surface area contributed by atoms with Crippen LogP contribution in [0.5, 0.6) is 0 Å². The standard InChI is InChI=1S/C13H20O2/c1-4-5-6-12-10(2)7-8-11(12)9-13(14)15-3/h4-5,11-12H,2,6-9H2,1,3H3/b5-4-. The summed E-state index contributed by atoms with van der Waals surface area (Å²) >= 11 is 0. The van der Waals surface area contributed by atoms with E-state index in [1.807, 2.05) is 6.92 Å². The molecule has 0 saturated heterocycles. The minimum absolute atomic E-state index is 0.0971. The second-order valence-corrected chi connectivity index (χ2v) is 4.15. The van der Waals surface area contributed by atoms with E-state index >= 15 is 0 Å². The highest BCUT2D eigenvalue weighted by atomic mass is 16.5. The Morgan fingerprint density at radius 1 is 1.67 bits per heavy atom. The quantitative estimate of drug-likeness (QED) is 0.524. The Balaban J connectivity index is 2.55. The average Bonchev–Trinajstić information content (AvgIpc) is 2.57. The summed E-state index contributed by atoms with van der Waals surface area (Å²) in [6.45, 7) is 6.11. The third kappa shape index (κ3) is 3.22. The van der Waals surface area contributed by atoms with E-state index in [-0.39, 0.29) is 5.97 Å². The lowest BCUT2D eigenvalue weighted by Gasteiger charge is -2.17. The zero-order valence-electron chi connectivity index (χ0n) is 9.66. The van der Waals surface area contributed by atoms with Gasteiger partial charge in [0.2, 0.25) is 0 Å². The number of ether oxygens (including phenoxy) is 1. The van der Waals surface area contributed by atoms with Crippen LogP contribution in [0, 0.1) is 11.8 Å². The molecule has 2 atom stereocenters. The molecule has 1 rings (SSSR count). The minimum Gasteiger partial charge on any atom is -0.469 e. The molecule has 84 valence electrons. The maximum atomic E-state index is 11.2. The van der Waals surface area contributed by atoms with Crippen LogP contribution in [0.15, 0.2) is 24.3 Å². The Morgan fingerprint density at radius 2 is 2.40 bits per heavy atom. The number of hydrogen-bond acceptors (Lipinski definition) is 2. The van der Waals surface area contributed by atoms with Crippen molar-refractivity contribution in [3.05, 3.63) is 24.3 Å². The minimum atomic E-state index is -0.0971. The molecule has 1 aliphatic carbocycles. The van der Waals surface area contributed by atoms with Crippen LogP contribution in [0.25, 0.3) is 0 Å². The predicted octanol–water partition coefficient (Wildman–Crippen LogP) is 3.10. The van der Waals surface area contributed by atoms with Gasteiger partial charge in [0.15, 0.2) is 0 Å². The van der Waals surface area contributed by atoms with Crippen LogP contribution in [0.1, 0.15) is 32.6 Å². The van der Waals surface area contributed by atoms with Gasteiger partial charge in [-0.1, -0.05) is 24.3 Å². The van der Waals surface area contributed by atoms with E-state index in [1.165, 1.54) is 12.7 Å². The smallest absolute Gasteiger partial charge is 0.305 e. The Morgan fingerprint density at radius 3 is 3.00 bits per heavy atom. The first-order valence-corrected chi connectivity index (χ1v) is 5.54. The zero-order chi connectivity index (χ0) is 11.3. The lowest BCUT2D eigenvalue weighted by atomic mass is 9.88. The van der Waals surface area contributed by atoms with Gasteiger partial charge in [0, 0.05) is 6.42 Å². The van der Waals surface area contributed by atoms with Crippen molar-refractivity contribution in [3.8, 4) is 0 Å². The SMILES string of the molecule is C=C1CCC(CC(=O)OC)C1C/C=C\C. The third-order valence-electron chi connectivity index (χ3n) is 3.21. The first-order chi connectivity index (χ1) is 7.19. The topological polar surface area (TPSA) is 26.3 Å². The first-order valence-electron chi connectivity index (χ1n) is 5.54. The molecule has 0 aromatic heterocycles. The second kappa shape index (κ2) is 5.74. The fourth-order valence-corrected chi connectivity index (χ4v) is 2.27. The van der Waals surface area contributed by atoms with Crippen LogP contribution in [-0.4, -0.2) is 13.1 Å². The number of esters is 1. The van der Waals surface area contributed by atoms with Crippen molar-refractivity contribution in [1.82, 2.24) is 0 Å². The molecule has 0 aromatic carbocycles. The number of allylic oxidation sites excluding steroid dienone is 3. The molecule has 0 aliphatic heterocycles. The van der Waals surface area contributed by atoms with Gasteiger partial charge in [-0.05, 0) is 38.0 Å². The predicted molar refractivity (Wildman–Crippen MR) is 61.4 cm³/mol. The van der Waals surface area contributed by atoms with E-state index in [2.05, 4.69) is 18.7 Å². The van der Waals surface area contributed by atoms with E-state index < -0.39 is 0 Å². The molecule has 2 heteroatoms. The van der Waals surface area contributed by atoms with Crippen molar-refractivity contribution >= 4 is 5.97 Å². The van der Waals surface area contributed by atoms with Gasteiger partial charge in [-0.25, -0.2) is 0 Å². The Kier molecular flexibility index (Phi) is 4.60. The molecule has 0 radical (unpaired) electrons. The van der Waals surface area contributed by atoms with Crippen LogP contribution < -0.4 is 0 Å². The summed E-state index contributed by atoms with van der Waals surface area (Å²) in [5.41, 5.74) is 1.29. The molecule has 1 fully saturated rings. The summed E-state index contributed by atoms with van der Waals surface area (Å²) in [6.07, 6.45) is 7.90. The normalized spacial score (nSPS) is 26.1. The van der Waals surface area contributed by atoms with Gasteiger partial charge in [0.05, 0.1) is 7.11 Å². The van der Waals surface area contributed by atoms with E-state index in [1.54, 1.807) is 0 Å². The summed E-state index contributed by atoms with van der Waals surface area (Å²) in [5, 5.41) is 0. The van der Waals surface area contributed by atoms with Crippen LogP contribution in [0.2, 0.25) is 0 Å². The van der Waals surface area contributed by atoms with Gasteiger partial charge in [-0.2, -0.15) is 0 Å². The van der Waals surface area contributed by atoms with Crippen molar-refractivity contribution in [3.63, 3.8) is 0 Å². The molecule has 0 N–H and O–H groups in total. The van der Waals surface area contributed by atoms with Crippen LogP contribution in [0.3, 0.4) is 0 Å². The molecule has 0 aromatic rings. The van der Waals surface area contributed by atoms with Gasteiger partial charge < -0.3 is 4.74 Å². The van der Waals surface area contributed by atoms with Gasteiger partial charge in [-0.3, -0.25) is 4.79 Å². The second-order valence-electron chi connectivity index (χ2n) is 4.15. The Bertz CT molecular complexity index is 266. The van der Waals surface area contributed by atoms with Crippen molar-refractivity contribution in [1.29, 1.82) is 0 Å². The summed E-state index contributed by atoms with van der Waals surface area (Å²) < 4.78 is 4.71. The maximum Gasteiger partial charge on any atom is 0.305 e. The first kappa shape index (κ1) is 12.0. The molecule has 1 saturated carbocycles. The third-order valence-corrected chi connectivity index (χ3v) is 3.21. The summed E-state index contributed by atoms with van der Waals surface area (Å²) in [7, 11) is 1.45. The van der Waals surface area contributed by atoms with Gasteiger partial charge in [0.1, 0.15) is 0 Å². The summed E-state index contributed by atoms with van der Waals surface area (Å²) in [5.74, 6) is 0.807. The molecule has 1 aliphatic rings. The highest BCUT2D eigenvalue weighted by Crippen LogP contribution is 2.40. The van der Waals surface area contributed by atoms with E-state index in [0.29, 0.717) is 18.3 Å². The average molecular weight is 208 g/mol. The number of hydrogen-bond donors (Lipinski definition) is 0.